The molecule has 1 N–H and O–H groups in total. The Labute approximate surface area is 162 Å². The van der Waals surface area contributed by atoms with Crippen molar-refractivity contribution in [1.29, 1.82) is 0 Å². The van der Waals surface area contributed by atoms with Gasteiger partial charge in [-0.25, -0.2) is 0 Å². The number of hydrogen-bond donors (Lipinski definition) is 1. The summed E-state index contributed by atoms with van der Waals surface area (Å²) in [6, 6.07) is 11.7. The van der Waals surface area contributed by atoms with E-state index in [9.17, 15) is 9.90 Å². The number of rotatable bonds is 9. The third-order valence-corrected chi connectivity index (χ3v) is 4.22. The molecule has 2 aromatic carbocycles. The second-order valence-corrected chi connectivity index (χ2v) is 6.72. The fourth-order valence-corrected chi connectivity index (χ4v) is 2.58. The zero-order valence-electron chi connectivity index (χ0n) is 14.7. The van der Waals surface area contributed by atoms with Gasteiger partial charge in [0.25, 0.3) is 0 Å². The molecule has 0 aliphatic heterocycles. The lowest BCUT2D eigenvalue weighted by Crippen LogP contribution is -2.17. The number of carbonyl (C=O) groups excluding carboxylic acids is 1. The van der Waals surface area contributed by atoms with E-state index in [0.717, 1.165) is 17.6 Å². The highest BCUT2D eigenvalue weighted by atomic mass is 79.9. The summed E-state index contributed by atoms with van der Waals surface area (Å²) >= 11 is 3.34. The highest BCUT2D eigenvalue weighted by molar-refractivity contribution is 9.10. The van der Waals surface area contributed by atoms with Gasteiger partial charge in [0.1, 0.15) is 18.1 Å². The molecule has 0 aromatic heterocycles. The van der Waals surface area contributed by atoms with Crippen molar-refractivity contribution in [2.45, 2.75) is 0 Å². The molecule has 136 valence electrons. The normalized spacial score (nSPS) is 11.0. The average molecular weight is 416 g/mol. The van der Waals surface area contributed by atoms with Crippen LogP contribution < -0.4 is 4.74 Å². The monoisotopic (exact) mass is 415 g/mol. The van der Waals surface area contributed by atoms with E-state index in [1.165, 1.54) is 6.07 Å². The summed E-state index contributed by atoms with van der Waals surface area (Å²) in [6.07, 6.45) is 5.77. The van der Waals surface area contributed by atoms with Gasteiger partial charge in [-0.15, -0.1) is 6.58 Å². The molecule has 0 unspecified atom stereocenters. The van der Waals surface area contributed by atoms with Crippen molar-refractivity contribution in [3.63, 3.8) is 0 Å². The van der Waals surface area contributed by atoms with Crippen molar-refractivity contribution in [3.05, 3.63) is 82.9 Å². The van der Waals surface area contributed by atoms with E-state index in [2.05, 4.69) is 27.4 Å². The van der Waals surface area contributed by atoms with Crippen LogP contribution in [0.2, 0.25) is 0 Å². The quantitative estimate of drug-likeness (QED) is 0.485. The second kappa shape index (κ2) is 9.94. The van der Waals surface area contributed by atoms with Gasteiger partial charge in [-0.05, 0) is 43.4 Å². The third-order valence-electron chi connectivity index (χ3n) is 3.69. The molecule has 2 aromatic rings. The van der Waals surface area contributed by atoms with Gasteiger partial charge >= 0.3 is 0 Å². The number of ether oxygens (including phenoxy) is 1. The lowest BCUT2D eigenvalue weighted by Gasteiger charge is -2.10. The molecular formula is C21H22BrNO3. The van der Waals surface area contributed by atoms with Gasteiger partial charge in [0, 0.05) is 29.2 Å². The summed E-state index contributed by atoms with van der Waals surface area (Å²) < 4.78 is 6.48. The van der Waals surface area contributed by atoms with Gasteiger partial charge in [-0.3, -0.25) is 9.69 Å². The Morgan fingerprint density at radius 2 is 1.92 bits per heavy atom. The maximum atomic E-state index is 12.5. The van der Waals surface area contributed by atoms with Gasteiger partial charge in [-0.2, -0.15) is 0 Å². The number of ketones is 1. The Morgan fingerprint density at radius 3 is 2.58 bits per heavy atom. The fraction of sp³-hybridized carbons (Fsp3) is 0.190. The highest BCUT2D eigenvalue weighted by Gasteiger charge is 2.14. The molecule has 0 aliphatic carbocycles. The van der Waals surface area contributed by atoms with Crippen LogP contribution in [0.25, 0.3) is 0 Å². The molecule has 0 radical (unpaired) electrons. The number of benzene rings is 2. The van der Waals surface area contributed by atoms with E-state index in [-0.39, 0.29) is 17.1 Å². The van der Waals surface area contributed by atoms with Gasteiger partial charge in [0.15, 0.2) is 5.78 Å². The molecule has 0 fully saturated rings. The number of halogens is 1. The van der Waals surface area contributed by atoms with Crippen molar-refractivity contribution in [3.8, 4) is 11.5 Å². The summed E-state index contributed by atoms with van der Waals surface area (Å²) in [4.78, 5) is 14.6. The minimum Gasteiger partial charge on any atom is -0.507 e. The fourth-order valence-electron chi connectivity index (χ4n) is 2.31. The first-order chi connectivity index (χ1) is 12.5. The maximum Gasteiger partial charge on any atom is 0.196 e. The number of hydrogen-bond acceptors (Lipinski definition) is 4. The number of aromatic hydroxyl groups is 1. The first-order valence-electron chi connectivity index (χ1n) is 8.21. The summed E-state index contributed by atoms with van der Waals surface area (Å²) in [7, 11) is 2.01. The molecule has 0 saturated heterocycles. The molecule has 0 aliphatic rings. The number of phenolic OH excluding ortho intramolecular Hbond substituents is 1. The van der Waals surface area contributed by atoms with E-state index in [1.807, 2.05) is 25.3 Å². The summed E-state index contributed by atoms with van der Waals surface area (Å²) in [5.41, 5.74) is 0.769. The number of likely N-dealkylation sites (N-methyl/N-ethyl adjacent to an activating group) is 1. The largest absolute Gasteiger partial charge is 0.507 e. The van der Waals surface area contributed by atoms with Crippen LogP contribution in [0.4, 0.5) is 0 Å². The molecule has 0 heterocycles. The molecule has 5 heteroatoms. The van der Waals surface area contributed by atoms with Gasteiger partial charge in [-0.1, -0.05) is 34.2 Å². The predicted octanol–water partition coefficient (Wildman–Crippen LogP) is 4.44. The van der Waals surface area contributed by atoms with Crippen molar-refractivity contribution < 1.29 is 14.6 Å². The lowest BCUT2D eigenvalue weighted by molar-refractivity contribution is 0.103. The van der Waals surface area contributed by atoms with Crippen molar-refractivity contribution in [1.82, 2.24) is 4.90 Å². The van der Waals surface area contributed by atoms with Gasteiger partial charge < -0.3 is 9.84 Å². The average Bonchev–Trinajstić information content (AvgIpc) is 2.62. The molecule has 2 rings (SSSR count). The topological polar surface area (TPSA) is 49.8 Å². The van der Waals surface area contributed by atoms with Crippen molar-refractivity contribution >= 4 is 21.7 Å². The van der Waals surface area contributed by atoms with Gasteiger partial charge in [0.2, 0.25) is 0 Å². The van der Waals surface area contributed by atoms with Crippen LogP contribution >= 0.6 is 15.9 Å². The lowest BCUT2D eigenvalue weighted by atomic mass is 10.0. The molecule has 0 spiro atoms. The van der Waals surface area contributed by atoms with Crippen LogP contribution in [0, 0.1) is 0 Å². The molecule has 4 nitrogen and oxygen atoms in total. The predicted molar refractivity (Wildman–Crippen MR) is 108 cm³/mol. The van der Waals surface area contributed by atoms with Crippen LogP contribution in [0.5, 0.6) is 11.5 Å². The zero-order chi connectivity index (χ0) is 18.9. The molecule has 26 heavy (non-hydrogen) atoms. The molecule has 0 atom stereocenters. The van der Waals surface area contributed by atoms with Crippen molar-refractivity contribution in [2.24, 2.45) is 0 Å². The minimum atomic E-state index is -0.230. The SMILES string of the molecule is C=CCN(C)CC=CCOc1ccc(C(=O)c2ccc(Br)cc2)c(O)c1. The number of phenols is 1. The Morgan fingerprint density at radius 1 is 1.19 bits per heavy atom. The highest BCUT2D eigenvalue weighted by Crippen LogP contribution is 2.26. The van der Waals surface area contributed by atoms with Crippen molar-refractivity contribution in [2.75, 3.05) is 26.7 Å². The third kappa shape index (κ3) is 5.86. The van der Waals surface area contributed by atoms with Crippen LogP contribution in [0.1, 0.15) is 15.9 Å². The van der Waals surface area contributed by atoms with Crippen LogP contribution in [-0.2, 0) is 0 Å². The Bertz CT molecular complexity index is 784. The molecule has 0 saturated carbocycles. The van der Waals surface area contributed by atoms with Crippen LogP contribution in [0.3, 0.4) is 0 Å². The summed E-state index contributed by atoms with van der Waals surface area (Å²) in [5, 5.41) is 10.2. The zero-order valence-corrected chi connectivity index (χ0v) is 16.3. The first-order valence-corrected chi connectivity index (χ1v) is 9.01. The van der Waals surface area contributed by atoms with Gasteiger partial charge in [0.05, 0.1) is 5.56 Å². The van der Waals surface area contributed by atoms with E-state index in [4.69, 9.17) is 4.74 Å². The number of carbonyl (C=O) groups is 1. The van der Waals surface area contributed by atoms with Crippen LogP contribution in [-0.4, -0.2) is 42.5 Å². The molecular weight excluding hydrogens is 394 g/mol. The standard InChI is InChI=1S/C21H22BrNO3/c1-3-12-23(2)13-4-5-14-26-18-10-11-19(20(24)15-18)21(25)16-6-8-17(22)9-7-16/h3-11,15,24H,1,12-14H2,2H3. The first kappa shape index (κ1) is 19.9. The maximum absolute atomic E-state index is 12.5. The summed E-state index contributed by atoms with van der Waals surface area (Å²) in [6.45, 7) is 5.72. The minimum absolute atomic E-state index is 0.0925. The summed E-state index contributed by atoms with van der Waals surface area (Å²) in [5.74, 6) is 0.191. The second-order valence-electron chi connectivity index (χ2n) is 5.81. The Hall–Kier alpha value is -2.37. The van der Waals surface area contributed by atoms with Crippen LogP contribution in [0.15, 0.2) is 71.7 Å². The molecule has 0 bridgehead atoms. The van der Waals surface area contributed by atoms with E-state index in [1.54, 1.807) is 36.4 Å². The number of nitrogens with zero attached hydrogens (tertiary/aromatic N) is 1. The smallest absolute Gasteiger partial charge is 0.196 e. The Balaban J connectivity index is 1.94. The molecule has 0 amide bonds. The Kier molecular flexibility index (Phi) is 7.63. The van der Waals surface area contributed by atoms with E-state index >= 15 is 0 Å². The van der Waals surface area contributed by atoms with E-state index < -0.39 is 0 Å². The van der Waals surface area contributed by atoms with E-state index in [0.29, 0.717) is 17.9 Å².